The molecule has 2 aromatic carbocycles. The minimum atomic E-state index is -3.18. The predicted octanol–water partition coefficient (Wildman–Crippen LogP) is 3.16. The first-order chi connectivity index (χ1) is 12.5. The molecule has 4 nitrogen and oxygen atoms in total. The monoisotopic (exact) mass is 372 g/mol. The molecule has 1 saturated heterocycles. The molecular formula is C21H28N2O2S. The molecule has 0 amide bonds. The van der Waals surface area contributed by atoms with Gasteiger partial charge in [-0.1, -0.05) is 60.7 Å². The number of hydrogen-bond acceptors (Lipinski definition) is 3. The molecule has 0 N–H and O–H groups in total. The Morgan fingerprint density at radius 1 is 0.923 bits per heavy atom. The van der Waals surface area contributed by atoms with Crippen molar-refractivity contribution in [3.8, 4) is 0 Å². The van der Waals surface area contributed by atoms with E-state index in [1.54, 1.807) is 4.31 Å². The lowest BCUT2D eigenvalue weighted by atomic mass is 10.1. The lowest BCUT2D eigenvalue weighted by Crippen LogP contribution is -2.53. The van der Waals surface area contributed by atoms with Crippen LogP contribution in [0.25, 0.3) is 0 Å². The molecule has 26 heavy (non-hydrogen) atoms. The smallest absolute Gasteiger partial charge is 0.214 e. The van der Waals surface area contributed by atoms with Crippen molar-refractivity contribution in [2.45, 2.75) is 32.4 Å². The van der Waals surface area contributed by atoms with E-state index < -0.39 is 10.0 Å². The Balaban J connectivity index is 1.50. The highest BCUT2D eigenvalue weighted by Crippen LogP contribution is 2.17. The van der Waals surface area contributed by atoms with E-state index in [1.807, 2.05) is 36.4 Å². The molecule has 1 fully saturated rings. The number of hydrogen-bond donors (Lipinski definition) is 0. The van der Waals surface area contributed by atoms with E-state index in [4.69, 9.17) is 0 Å². The molecule has 3 rings (SSSR count). The summed E-state index contributed by atoms with van der Waals surface area (Å²) >= 11 is 0. The van der Waals surface area contributed by atoms with Crippen molar-refractivity contribution < 1.29 is 8.42 Å². The number of nitrogens with zero attached hydrogens (tertiary/aromatic N) is 2. The molecule has 0 radical (unpaired) electrons. The SMILES string of the molecule is CC1CN(S(=O)(=O)CCCc2ccccc2)CCN1Cc1ccccc1. The average molecular weight is 373 g/mol. The molecule has 1 aliphatic heterocycles. The number of rotatable bonds is 7. The van der Waals surface area contributed by atoms with Crippen molar-refractivity contribution >= 4 is 10.0 Å². The minimum absolute atomic E-state index is 0.229. The second-order valence-electron chi connectivity index (χ2n) is 7.07. The lowest BCUT2D eigenvalue weighted by Gasteiger charge is -2.39. The Bertz CT molecular complexity index is 778. The highest BCUT2D eigenvalue weighted by Gasteiger charge is 2.30. The van der Waals surface area contributed by atoms with Crippen LogP contribution < -0.4 is 0 Å². The van der Waals surface area contributed by atoms with Crippen LogP contribution in [0, 0.1) is 0 Å². The second-order valence-corrected chi connectivity index (χ2v) is 9.16. The molecule has 1 aliphatic rings. The molecule has 140 valence electrons. The van der Waals surface area contributed by atoms with E-state index in [0.29, 0.717) is 19.5 Å². The van der Waals surface area contributed by atoms with E-state index in [-0.39, 0.29) is 11.8 Å². The third-order valence-corrected chi connectivity index (χ3v) is 6.98. The second kappa shape index (κ2) is 8.80. The summed E-state index contributed by atoms with van der Waals surface area (Å²) in [5.41, 5.74) is 2.47. The van der Waals surface area contributed by atoms with Crippen LogP contribution in [-0.4, -0.2) is 49.1 Å². The van der Waals surface area contributed by atoms with Crippen LogP contribution >= 0.6 is 0 Å². The van der Waals surface area contributed by atoms with Crippen molar-refractivity contribution in [1.29, 1.82) is 0 Å². The Morgan fingerprint density at radius 2 is 1.54 bits per heavy atom. The molecule has 2 aromatic rings. The maximum absolute atomic E-state index is 12.7. The van der Waals surface area contributed by atoms with Gasteiger partial charge in [0.05, 0.1) is 5.75 Å². The van der Waals surface area contributed by atoms with Gasteiger partial charge in [-0.05, 0) is 30.9 Å². The van der Waals surface area contributed by atoms with E-state index in [1.165, 1.54) is 11.1 Å². The highest BCUT2D eigenvalue weighted by atomic mass is 32.2. The molecule has 1 unspecified atom stereocenters. The van der Waals surface area contributed by atoms with Crippen LogP contribution in [0.4, 0.5) is 0 Å². The van der Waals surface area contributed by atoms with Gasteiger partial charge in [-0.2, -0.15) is 4.31 Å². The molecular weight excluding hydrogens is 344 g/mol. The summed E-state index contributed by atoms with van der Waals surface area (Å²) in [5, 5.41) is 0. The van der Waals surface area contributed by atoms with E-state index in [9.17, 15) is 8.42 Å². The Morgan fingerprint density at radius 3 is 2.15 bits per heavy atom. The fraction of sp³-hybridized carbons (Fsp3) is 0.429. The zero-order chi connectivity index (χ0) is 18.4. The highest BCUT2D eigenvalue weighted by molar-refractivity contribution is 7.89. The fourth-order valence-electron chi connectivity index (χ4n) is 3.50. The zero-order valence-electron chi connectivity index (χ0n) is 15.4. The summed E-state index contributed by atoms with van der Waals surface area (Å²) in [6.45, 7) is 4.96. The summed E-state index contributed by atoms with van der Waals surface area (Å²) in [7, 11) is -3.18. The lowest BCUT2D eigenvalue weighted by molar-refractivity contribution is 0.122. The standard InChI is InChI=1S/C21H28N2O2S/c1-19-17-23(15-14-22(19)18-21-11-6-3-7-12-21)26(24,25)16-8-13-20-9-4-2-5-10-20/h2-7,9-12,19H,8,13-18H2,1H3. The number of benzene rings is 2. The maximum atomic E-state index is 12.7. The average Bonchev–Trinajstić information content (AvgIpc) is 2.65. The van der Waals surface area contributed by atoms with Gasteiger partial charge in [0.2, 0.25) is 10.0 Å². The molecule has 0 spiro atoms. The topological polar surface area (TPSA) is 40.6 Å². The Hall–Kier alpha value is -1.69. The molecule has 5 heteroatoms. The third kappa shape index (κ3) is 5.16. The van der Waals surface area contributed by atoms with Crippen LogP contribution in [0.1, 0.15) is 24.5 Å². The van der Waals surface area contributed by atoms with Crippen molar-refractivity contribution in [1.82, 2.24) is 9.21 Å². The fourth-order valence-corrected chi connectivity index (χ4v) is 5.07. The van der Waals surface area contributed by atoms with Crippen LogP contribution in [0.15, 0.2) is 60.7 Å². The minimum Gasteiger partial charge on any atom is -0.294 e. The molecule has 1 atom stereocenters. The molecule has 0 aromatic heterocycles. The first-order valence-electron chi connectivity index (χ1n) is 9.34. The number of aryl methyl sites for hydroxylation is 1. The van der Waals surface area contributed by atoms with Gasteiger partial charge in [-0.3, -0.25) is 4.90 Å². The first kappa shape index (κ1) is 19.1. The van der Waals surface area contributed by atoms with Gasteiger partial charge >= 0.3 is 0 Å². The summed E-state index contributed by atoms with van der Waals surface area (Å²) in [6.07, 6.45) is 1.48. The largest absolute Gasteiger partial charge is 0.294 e. The number of piperazine rings is 1. The molecule has 0 saturated carbocycles. The van der Waals surface area contributed by atoms with Gasteiger partial charge in [-0.25, -0.2) is 8.42 Å². The van der Waals surface area contributed by atoms with E-state index in [0.717, 1.165) is 19.5 Å². The van der Waals surface area contributed by atoms with Crippen LogP contribution in [0.3, 0.4) is 0 Å². The van der Waals surface area contributed by atoms with Gasteiger partial charge in [0.25, 0.3) is 0 Å². The van der Waals surface area contributed by atoms with Gasteiger partial charge in [0, 0.05) is 32.2 Å². The first-order valence-corrected chi connectivity index (χ1v) is 11.0. The molecule has 0 aliphatic carbocycles. The molecule has 0 bridgehead atoms. The van der Waals surface area contributed by atoms with Crippen LogP contribution in [-0.2, 0) is 23.0 Å². The normalized spacial score (nSPS) is 19.5. The maximum Gasteiger partial charge on any atom is 0.214 e. The van der Waals surface area contributed by atoms with E-state index >= 15 is 0 Å². The van der Waals surface area contributed by atoms with Gasteiger partial charge in [0.1, 0.15) is 0 Å². The van der Waals surface area contributed by atoms with Crippen LogP contribution in [0.5, 0.6) is 0 Å². The zero-order valence-corrected chi connectivity index (χ0v) is 16.2. The summed E-state index contributed by atoms with van der Waals surface area (Å²) in [4.78, 5) is 2.37. The Labute approximate surface area is 157 Å². The van der Waals surface area contributed by atoms with Crippen LogP contribution in [0.2, 0.25) is 0 Å². The van der Waals surface area contributed by atoms with Crippen molar-refractivity contribution in [3.63, 3.8) is 0 Å². The van der Waals surface area contributed by atoms with Gasteiger partial charge < -0.3 is 0 Å². The Kier molecular flexibility index (Phi) is 6.46. The summed E-state index contributed by atoms with van der Waals surface area (Å²) in [6, 6.07) is 20.7. The third-order valence-electron chi connectivity index (χ3n) is 5.06. The quantitative estimate of drug-likeness (QED) is 0.750. The summed E-state index contributed by atoms with van der Waals surface area (Å²) in [5.74, 6) is 0.229. The van der Waals surface area contributed by atoms with Crippen molar-refractivity contribution in [2.75, 3.05) is 25.4 Å². The van der Waals surface area contributed by atoms with Gasteiger partial charge in [-0.15, -0.1) is 0 Å². The summed E-state index contributed by atoms with van der Waals surface area (Å²) < 4.78 is 27.1. The predicted molar refractivity (Wildman–Crippen MR) is 106 cm³/mol. The number of sulfonamides is 1. The van der Waals surface area contributed by atoms with E-state index in [2.05, 4.69) is 36.1 Å². The van der Waals surface area contributed by atoms with Crippen molar-refractivity contribution in [3.05, 3.63) is 71.8 Å². The van der Waals surface area contributed by atoms with Gasteiger partial charge in [0.15, 0.2) is 0 Å². The molecule has 1 heterocycles. The van der Waals surface area contributed by atoms with Crippen molar-refractivity contribution in [2.24, 2.45) is 0 Å².